The summed E-state index contributed by atoms with van der Waals surface area (Å²) in [6.45, 7) is 2.60. The van der Waals surface area contributed by atoms with Crippen LogP contribution < -0.4 is 10.1 Å². The lowest BCUT2D eigenvalue weighted by atomic mass is 9.87. The maximum absolute atomic E-state index is 13.5. The average molecular weight is 464 g/mol. The number of benzene rings is 2. The van der Waals surface area contributed by atoms with Gasteiger partial charge in [0.05, 0.1) is 7.11 Å². The third kappa shape index (κ3) is 5.58. The first-order chi connectivity index (χ1) is 16.6. The minimum absolute atomic E-state index is 0.0104. The van der Waals surface area contributed by atoms with Gasteiger partial charge in [0.2, 0.25) is 5.91 Å². The van der Waals surface area contributed by atoms with Crippen molar-refractivity contribution in [1.82, 2.24) is 15.1 Å². The van der Waals surface area contributed by atoms with Crippen molar-refractivity contribution in [1.29, 1.82) is 0 Å². The molecule has 34 heavy (non-hydrogen) atoms. The predicted octanol–water partition coefficient (Wildman–Crippen LogP) is 3.36. The number of rotatable bonds is 6. The van der Waals surface area contributed by atoms with E-state index in [2.05, 4.69) is 5.32 Å². The lowest BCUT2D eigenvalue weighted by Gasteiger charge is -2.38. The monoisotopic (exact) mass is 463 g/mol. The van der Waals surface area contributed by atoms with Crippen LogP contribution in [-0.2, 0) is 4.79 Å². The average Bonchev–Trinajstić information content (AvgIpc) is 2.92. The molecule has 0 spiro atoms. The Bertz CT molecular complexity index is 996. The molecule has 2 aliphatic rings. The van der Waals surface area contributed by atoms with Crippen molar-refractivity contribution in [3.63, 3.8) is 0 Å². The number of nitrogens with zero attached hydrogens (tertiary/aromatic N) is 2. The molecule has 1 N–H and O–H groups in total. The highest BCUT2D eigenvalue weighted by atomic mass is 16.5. The summed E-state index contributed by atoms with van der Waals surface area (Å²) in [5, 5.41) is 3.04. The van der Waals surface area contributed by atoms with Crippen LogP contribution in [0.25, 0.3) is 0 Å². The minimum Gasteiger partial charge on any atom is -0.497 e. The summed E-state index contributed by atoms with van der Waals surface area (Å²) in [6.07, 6.45) is 4.45. The number of hydrogen-bond donors (Lipinski definition) is 1. The van der Waals surface area contributed by atoms with Gasteiger partial charge < -0.3 is 19.9 Å². The van der Waals surface area contributed by atoms with Gasteiger partial charge in [0.25, 0.3) is 11.8 Å². The van der Waals surface area contributed by atoms with E-state index in [1.54, 1.807) is 31.4 Å². The van der Waals surface area contributed by atoms with Crippen molar-refractivity contribution in [3.8, 4) is 5.75 Å². The number of hydrogen-bond acceptors (Lipinski definition) is 4. The summed E-state index contributed by atoms with van der Waals surface area (Å²) in [5.74, 6) is 0.294. The minimum atomic E-state index is -0.606. The molecule has 2 fully saturated rings. The van der Waals surface area contributed by atoms with Crippen molar-refractivity contribution >= 4 is 17.7 Å². The summed E-state index contributed by atoms with van der Waals surface area (Å²) in [5.41, 5.74) is 1.14. The van der Waals surface area contributed by atoms with Gasteiger partial charge in [0, 0.05) is 37.3 Å². The van der Waals surface area contributed by atoms with Gasteiger partial charge in [-0.2, -0.15) is 0 Å². The molecule has 0 unspecified atom stereocenters. The molecule has 7 heteroatoms. The smallest absolute Gasteiger partial charge is 0.253 e. The van der Waals surface area contributed by atoms with E-state index >= 15 is 0 Å². The highest BCUT2D eigenvalue weighted by Gasteiger charge is 2.36. The lowest BCUT2D eigenvalue weighted by Crippen LogP contribution is -2.55. The number of ether oxygens (including phenoxy) is 1. The number of nitrogens with one attached hydrogen (secondary N) is 1. The second-order valence-electron chi connectivity index (χ2n) is 9.06. The predicted molar refractivity (Wildman–Crippen MR) is 130 cm³/mol. The van der Waals surface area contributed by atoms with Gasteiger partial charge in [-0.05, 0) is 68.4 Å². The van der Waals surface area contributed by atoms with Gasteiger partial charge >= 0.3 is 0 Å². The van der Waals surface area contributed by atoms with Crippen LogP contribution in [-0.4, -0.2) is 66.9 Å². The molecule has 0 saturated carbocycles. The number of carbonyl (C=O) groups is 3. The topological polar surface area (TPSA) is 79.0 Å². The molecule has 1 atom stereocenters. The molecule has 2 aromatic carbocycles. The maximum atomic E-state index is 13.5. The molecule has 0 aliphatic carbocycles. The first-order valence-electron chi connectivity index (χ1n) is 12.1. The van der Waals surface area contributed by atoms with E-state index in [1.807, 2.05) is 40.1 Å². The highest BCUT2D eigenvalue weighted by Crippen LogP contribution is 2.25. The molecular weight excluding hydrogens is 430 g/mol. The van der Waals surface area contributed by atoms with Crippen LogP contribution in [0.5, 0.6) is 5.75 Å². The Labute approximate surface area is 201 Å². The summed E-state index contributed by atoms with van der Waals surface area (Å²) in [7, 11) is 1.56. The third-order valence-electron chi connectivity index (χ3n) is 6.87. The van der Waals surface area contributed by atoms with Gasteiger partial charge in [-0.3, -0.25) is 14.4 Å². The molecule has 2 saturated heterocycles. The van der Waals surface area contributed by atoms with E-state index in [9.17, 15) is 14.4 Å². The second kappa shape index (κ2) is 11.2. The van der Waals surface area contributed by atoms with Gasteiger partial charge in [-0.25, -0.2) is 0 Å². The van der Waals surface area contributed by atoms with Crippen molar-refractivity contribution < 1.29 is 19.1 Å². The summed E-state index contributed by atoms with van der Waals surface area (Å²) in [4.78, 5) is 43.2. The Morgan fingerprint density at radius 2 is 1.53 bits per heavy atom. The molecule has 2 heterocycles. The molecule has 7 nitrogen and oxygen atoms in total. The van der Waals surface area contributed by atoms with E-state index < -0.39 is 6.04 Å². The molecule has 2 aromatic rings. The fourth-order valence-electron chi connectivity index (χ4n) is 4.88. The molecule has 180 valence electrons. The number of piperidine rings is 2. The molecule has 4 rings (SSSR count). The van der Waals surface area contributed by atoms with Crippen LogP contribution in [0.3, 0.4) is 0 Å². The van der Waals surface area contributed by atoms with E-state index in [0.29, 0.717) is 42.8 Å². The maximum Gasteiger partial charge on any atom is 0.253 e. The van der Waals surface area contributed by atoms with Crippen molar-refractivity contribution in [3.05, 3.63) is 65.7 Å². The zero-order valence-electron chi connectivity index (χ0n) is 19.7. The van der Waals surface area contributed by atoms with Crippen molar-refractivity contribution in [2.45, 2.75) is 38.1 Å². The molecule has 2 aliphatic heterocycles. The Kier molecular flexibility index (Phi) is 7.83. The molecular formula is C27H33N3O4. The van der Waals surface area contributed by atoms with Gasteiger partial charge in [-0.1, -0.05) is 24.3 Å². The van der Waals surface area contributed by atoms with Crippen LogP contribution >= 0.6 is 0 Å². The Hall–Kier alpha value is -3.35. The van der Waals surface area contributed by atoms with Crippen LogP contribution in [0.1, 0.15) is 52.8 Å². The van der Waals surface area contributed by atoms with E-state index in [1.165, 1.54) is 0 Å². The Morgan fingerprint density at radius 3 is 2.21 bits per heavy atom. The van der Waals surface area contributed by atoms with E-state index in [0.717, 1.165) is 32.4 Å². The summed E-state index contributed by atoms with van der Waals surface area (Å²) in [6, 6.07) is 15.6. The highest BCUT2D eigenvalue weighted by molar-refractivity contribution is 5.98. The largest absolute Gasteiger partial charge is 0.497 e. The van der Waals surface area contributed by atoms with Crippen LogP contribution in [0, 0.1) is 5.92 Å². The number of likely N-dealkylation sites (tertiary alicyclic amines) is 2. The molecule has 0 radical (unpaired) electrons. The third-order valence-corrected chi connectivity index (χ3v) is 6.87. The summed E-state index contributed by atoms with van der Waals surface area (Å²) >= 11 is 0. The van der Waals surface area contributed by atoms with Gasteiger partial charge in [0.1, 0.15) is 11.8 Å². The normalized spacial score (nSPS) is 17.7. The number of amides is 3. The summed E-state index contributed by atoms with van der Waals surface area (Å²) < 4.78 is 5.25. The van der Waals surface area contributed by atoms with Crippen LogP contribution in [0.2, 0.25) is 0 Å². The number of carbonyl (C=O) groups excluding carboxylic acids is 3. The SMILES string of the molecule is COc1cccc(C(=O)N[C@@H](C(=O)N2CCCCC2)C2CCN(C(=O)c3ccccc3)CC2)c1. The first kappa shape index (κ1) is 23.8. The van der Waals surface area contributed by atoms with Gasteiger partial charge in [-0.15, -0.1) is 0 Å². The van der Waals surface area contributed by atoms with Crippen LogP contribution in [0.15, 0.2) is 54.6 Å². The van der Waals surface area contributed by atoms with Crippen molar-refractivity contribution in [2.75, 3.05) is 33.3 Å². The van der Waals surface area contributed by atoms with Crippen LogP contribution in [0.4, 0.5) is 0 Å². The molecule has 0 aromatic heterocycles. The Morgan fingerprint density at radius 1 is 0.853 bits per heavy atom. The van der Waals surface area contributed by atoms with E-state index in [-0.39, 0.29) is 23.6 Å². The quantitative estimate of drug-likeness (QED) is 0.713. The lowest BCUT2D eigenvalue weighted by molar-refractivity contribution is -0.136. The molecule has 3 amide bonds. The standard InChI is InChI=1S/C27H33N3O4/c1-34-23-12-8-11-22(19-23)25(31)28-24(27(33)29-15-6-3-7-16-29)20-13-17-30(18-14-20)26(32)21-9-4-2-5-10-21/h2,4-5,8-12,19-20,24H,3,6-7,13-18H2,1H3,(H,28,31)/t24-/m1/s1. The fourth-order valence-corrected chi connectivity index (χ4v) is 4.88. The van der Waals surface area contributed by atoms with Crippen molar-refractivity contribution in [2.24, 2.45) is 5.92 Å². The second-order valence-corrected chi connectivity index (χ2v) is 9.06. The zero-order chi connectivity index (χ0) is 23.9. The zero-order valence-corrected chi connectivity index (χ0v) is 19.7. The van der Waals surface area contributed by atoms with Gasteiger partial charge in [0.15, 0.2) is 0 Å². The molecule has 0 bridgehead atoms. The fraction of sp³-hybridized carbons (Fsp3) is 0.444. The number of methoxy groups -OCH3 is 1. The van der Waals surface area contributed by atoms with E-state index in [4.69, 9.17) is 4.74 Å². The first-order valence-corrected chi connectivity index (χ1v) is 12.1. The Balaban J connectivity index is 1.47.